The predicted octanol–water partition coefficient (Wildman–Crippen LogP) is 0.606. The molecule has 0 amide bonds. The van der Waals surface area contributed by atoms with Gasteiger partial charge in [-0.25, -0.2) is 0 Å². The molecule has 1 rings (SSSR count). The summed E-state index contributed by atoms with van der Waals surface area (Å²) in [5.74, 6) is 0.663. The molecule has 1 aliphatic rings. The lowest BCUT2D eigenvalue weighted by molar-refractivity contribution is 0.0581. The van der Waals surface area contributed by atoms with E-state index < -0.39 is 0 Å². The summed E-state index contributed by atoms with van der Waals surface area (Å²) in [6.45, 7) is 11.1. The van der Waals surface area contributed by atoms with Crippen molar-refractivity contribution in [2.45, 2.75) is 32.9 Å². The van der Waals surface area contributed by atoms with Crippen LogP contribution in [0.1, 0.15) is 20.8 Å². The van der Waals surface area contributed by atoms with Gasteiger partial charge in [-0.15, -0.1) is 0 Å². The van der Waals surface area contributed by atoms with Crippen LogP contribution in [0.3, 0.4) is 0 Å². The molecule has 2 atom stereocenters. The van der Waals surface area contributed by atoms with E-state index in [2.05, 4.69) is 37.6 Å². The number of hydrogen-bond donors (Lipinski definition) is 1. The van der Waals surface area contributed by atoms with Crippen LogP contribution in [-0.4, -0.2) is 55.1 Å². The van der Waals surface area contributed by atoms with Crippen molar-refractivity contribution in [1.82, 2.24) is 9.80 Å². The zero-order chi connectivity index (χ0) is 10.7. The molecule has 0 spiro atoms. The molecule has 0 radical (unpaired) electrons. The molecule has 2 unspecified atom stereocenters. The Labute approximate surface area is 88.2 Å². The molecule has 0 aromatic heterocycles. The Kier molecular flexibility index (Phi) is 4.35. The van der Waals surface area contributed by atoms with Crippen LogP contribution in [0.2, 0.25) is 0 Å². The van der Waals surface area contributed by atoms with Crippen molar-refractivity contribution in [2.75, 3.05) is 33.2 Å². The fourth-order valence-electron chi connectivity index (χ4n) is 2.22. The highest BCUT2D eigenvalue weighted by Gasteiger charge is 2.27. The normalized spacial score (nSPS) is 28.3. The minimum atomic E-state index is 0.561. The van der Waals surface area contributed by atoms with Gasteiger partial charge in [-0.1, -0.05) is 13.8 Å². The van der Waals surface area contributed by atoms with Gasteiger partial charge >= 0.3 is 0 Å². The number of likely N-dealkylation sites (N-methyl/N-ethyl adjacent to an activating group) is 1. The van der Waals surface area contributed by atoms with Gasteiger partial charge < -0.3 is 10.6 Å². The second-order valence-electron chi connectivity index (χ2n) is 4.87. The molecule has 84 valence electrons. The SMILES string of the molecule is CC(C)C(CN)N1CCN(C)C(C)C1. The van der Waals surface area contributed by atoms with Crippen molar-refractivity contribution in [3.05, 3.63) is 0 Å². The first kappa shape index (κ1) is 12.0. The number of nitrogens with zero attached hydrogens (tertiary/aromatic N) is 2. The van der Waals surface area contributed by atoms with Crippen molar-refractivity contribution >= 4 is 0 Å². The Hall–Kier alpha value is -0.120. The summed E-state index contributed by atoms with van der Waals surface area (Å²) in [5.41, 5.74) is 5.83. The highest BCUT2D eigenvalue weighted by atomic mass is 15.3. The maximum atomic E-state index is 5.83. The number of hydrogen-bond acceptors (Lipinski definition) is 3. The van der Waals surface area contributed by atoms with Gasteiger partial charge in [-0.2, -0.15) is 0 Å². The van der Waals surface area contributed by atoms with Crippen LogP contribution in [0.5, 0.6) is 0 Å². The van der Waals surface area contributed by atoms with Gasteiger partial charge in [-0.05, 0) is 19.9 Å². The Bertz CT molecular complexity index is 170. The van der Waals surface area contributed by atoms with E-state index >= 15 is 0 Å². The number of rotatable bonds is 3. The van der Waals surface area contributed by atoms with Crippen LogP contribution >= 0.6 is 0 Å². The summed E-state index contributed by atoms with van der Waals surface area (Å²) in [4.78, 5) is 4.97. The van der Waals surface area contributed by atoms with Crippen molar-refractivity contribution in [3.8, 4) is 0 Å². The third kappa shape index (κ3) is 2.69. The lowest BCUT2D eigenvalue weighted by atomic mass is 10.0. The van der Waals surface area contributed by atoms with Crippen LogP contribution in [0.15, 0.2) is 0 Å². The minimum Gasteiger partial charge on any atom is -0.329 e. The molecule has 3 heteroatoms. The number of nitrogens with two attached hydrogens (primary N) is 1. The van der Waals surface area contributed by atoms with Gasteiger partial charge in [0.25, 0.3) is 0 Å². The van der Waals surface area contributed by atoms with Gasteiger partial charge in [0.05, 0.1) is 0 Å². The van der Waals surface area contributed by atoms with E-state index in [0.29, 0.717) is 18.0 Å². The third-order valence-electron chi connectivity index (χ3n) is 3.47. The molecule has 0 aromatic rings. The van der Waals surface area contributed by atoms with E-state index in [1.165, 1.54) is 13.1 Å². The Morgan fingerprint density at radius 2 is 2.00 bits per heavy atom. The first-order chi connectivity index (χ1) is 6.56. The van der Waals surface area contributed by atoms with Gasteiger partial charge in [0.1, 0.15) is 0 Å². The van der Waals surface area contributed by atoms with Crippen molar-refractivity contribution in [3.63, 3.8) is 0 Å². The molecule has 1 aliphatic heterocycles. The van der Waals surface area contributed by atoms with Crippen molar-refractivity contribution in [1.29, 1.82) is 0 Å². The van der Waals surface area contributed by atoms with Crippen LogP contribution in [0, 0.1) is 5.92 Å². The van der Waals surface area contributed by atoms with Gasteiger partial charge in [0, 0.05) is 38.3 Å². The van der Waals surface area contributed by atoms with Gasteiger partial charge in [-0.3, -0.25) is 4.90 Å². The van der Waals surface area contributed by atoms with Gasteiger partial charge in [0.2, 0.25) is 0 Å². The molecule has 1 heterocycles. The maximum absolute atomic E-state index is 5.83. The zero-order valence-corrected chi connectivity index (χ0v) is 10.0. The lowest BCUT2D eigenvalue weighted by Gasteiger charge is -2.42. The molecular weight excluding hydrogens is 174 g/mol. The summed E-state index contributed by atoms with van der Waals surface area (Å²) in [6.07, 6.45) is 0. The quantitative estimate of drug-likeness (QED) is 0.723. The zero-order valence-electron chi connectivity index (χ0n) is 10.0. The Morgan fingerprint density at radius 1 is 1.36 bits per heavy atom. The van der Waals surface area contributed by atoms with E-state index in [1.54, 1.807) is 0 Å². The first-order valence-electron chi connectivity index (χ1n) is 5.70. The minimum absolute atomic E-state index is 0.561. The molecule has 0 aliphatic carbocycles. The van der Waals surface area contributed by atoms with Crippen LogP contribution < -0.4 is 5.73 Å². The molecule has 2 N–H and O–H groups in total. The molecular formula is C11H25N3. The molecule has 3 nitrogen and oxygen atoms in total. The average molecular weight is 199 g/mol. The largest absolute Gasteiger partial charge is 0.329 e. The maximum Gasteiger partial charge on any atom is 0.0242 e. The van der Waals surface area contributed by atoms with Gasteiger partial charge in [0.15, 0.2) is 0 Å². The average Bonchev–Trinajstić information content (AvgIpc) is 2.11. The van der Waals surface area contributed by atoms with Crippen LogP contribution in [0.4, 0.5) is 0 Å². The molecule has 14 heavy (non-hydrogen) atoms. The van der Waals surface area contributed by atoms with E-state index in [1.807, 2.05) is 0 Å². The fourth-order valence-corrected chi connectivity index (χ4v) is 2.22. The van der Waals surface area contributed by atoms with E-state index in [0.717, 1.165) is 13.1 Å². The highest BCUT2D eigenvalue weighted by Crippen LogP contribution is 2.15. The Morgan fingerprint density at radius 3 is 2.43 bits per heavy atom. The topological polar surface area (TPSA) is 32.5 Å². The molecule has 0 bridgehead atoms. The number of piperazine rings is 1. The van der Waals surface area contributed by atoms with Crippen molar-refractivity contribution in [2.24, 2.45) is 11.7 Å². The Balaban J connectivity index is 2.52. The van der Waals surface area contributed by atoms with E-state index in [4.69, 9.17) is 5.73 Å². The predicted molar refractivity (Wildman–Crippen MR) is 61.3 cm³/mol. The fraction of sp³-hybridized carbons (Fsp3) is 1.00. The molecule has 1 saturated heterocycles. The lowest BCUT2D eigenvalue weighted by Crippen LogP contribution is -2.56. The second-order valence-corrected chi connectivity index (χ2v) is 4.87. The summed E-state index contributed by atoms with van der Waals surface area (Å²) >= 11 is 0. The second kappa shape index (κ2) is 5.10. The van der Waals surface area contributed by atoms with Crippen LogP contribution in [0.25, 0.3) is 0 Å². The molecule has 0 aromatic carbocycles. The summed E-state index contributed by atoms with van der Waals surface area (Å²) in [6, 6.07) is 1.22. The monoisotopic (exact) mass is 199 g/mol. The summed E-state index contributed by atoms with van der Waals surface area (Å²) in [7, 11) is 2.20. The van der Waals surface area contributed by atoms with E-state index in [9.17, 15) is 0 Å². The standard InChI is InChI=1S/C11H25N3/c1-9(2)11(7-12)14-6-5-13(4)10(3)8-14/h9-11H,5-8,12H2,1-4H3. The smallest absolute Gasteiger partial charge is 0.0242 e. The summed E-state index contributed by atoms with van der Waals surface area (Å²) < 4.78 is 0. The summed E-state index contributed by atoms with van der Waals surface area (Å²) in [5, 5.41) is 0. The molecule has 0 saturated carbocycles. The van der Waals surface area contributed by atoms with Crippen LogP contribution in [-0.2, 0) is 0 Å². The molecule has 1 fully saturated rings. The first-order valence-corrected chi connectivity index (χ1v) is 5.70. The highest BCUT2D eigenvalue weighted by molar-refractivity contribution is 4.83. The van der Waals surface area contributed by atoms with E-state index in [-0.39, 0.29) is 0 Å². The third-order valence-corrected chi connectivity index (χ3v) is 3.47. The van der Waals surface area contributed by atoms with Crippen molar-refractivity contribution < 1.29 is 0 Å².